The van der Waals surface area contributed by atoms with Gasteiger partial charge >= 0.3 is 5.97 Å². The van der Waals surface area contributed by atoms with E-state index in [0.29, 0.717) is 41.4 Å². The van der Waals surface area contributed by atoms with Gasteiger partial charge in [0.2, 0.25) is 0 Å². The number of carboxylic acids is 1. The van der Waals surface area contributed by atoms with Crippen LogP contribution in [-0.2, 0) is 4.79 Å². The number of carbonyl (C=O) groups is 1. The molecule has 0 bridgehead atoms. The Morgan fingerprint density at radius 1 is 1.00 bits per heavy atom. The normalized spacial score (nSPS) is 51.5. The van der Waals surface area contributed by atoms with Gasteiger partial charge < -0.3 is 15.3 Å². The highest BCUT2D eigenvalue weighted by molar-refractivity contribution is 5.66. The van der Waals surface area contributed by atoms with Gasteiger partial charge in [-0.2, -0.15) is 0 Å². The third kappa shape index (κ3) is 3.36. The van der Waals surface area contributed by atoms with Gasteiger partial charge in [-0.05, 0) is 104 Å². The lowest BCUT2D eigenvalue weighted by Crippen LogP contribution is -2.62. The van der Waals surface area contributed by atoms with Gasteiger partial charge in [0.25, 0.3) is 0 Å². The molecule has 0 aromatic carbocycles. The average molecular weight is 421 g/mol. The molecule has 30 heavy (non-hydrogen) atoms. The third-order valence-corrected chi connectivity index (χ3v) is 11.0. The first-order valence-corrected chi connectivity index (χ1v) is 12.7. The summed E-state index contributed by atoms with van der Waals surface area (Å²) in [6, 6.07) is 0. The molecule has 4 nitrogen and oxygen atoms in total. The van der Waals surface area contributed by atoms with Crippen molar-refractivity contribution in [3.05, 3.63) is 0 Å². The highest BCUT2D eigenvalue weighted by atomic mass is 16.4. The van der Waals surface area contributed by atoms with E-state index in [-0.39, 0.29) is 29.5 Å². The zero-order chi connectivity index (χ0) is 21.8. The maximum absolute atomic E-state index is 11.7. The molecule has 0 aromatic heterocycles. The molecular formula is C26H44O4. The summed E-state index contributed by atoms with van der Waals surface area (Å²) in [6.45, 7) is 9.44. The summed E-state index contributed by atoms with van der Waals surface area (Å²) in [6.07, 6.45) is 9.27. The third-order valence-electron chi connectivity index (χ3n) is 11.0. The Bertz CT molecular complexity index is 649. The summed E-state index contributed by atoms with van der Waals surface area (Å²) in [5, 5.41) is 31.3. The Morgan fingerprint density at radius 3 is 2.33 bits per heavy atom. The number of aliphatic hydroxyl groups excluding tert-OH is 2. The lowest BCUT2D eigenvalue weighted by molar-refractivity contribution is -0.203. The zero-order valence-corrected chi connectivity index (χ0v) is 19.5. The quantitative estimate of drug-likeness (QED) is 0.577. The van der Waals surface area contributed by atoms with Crippen LogP contribution in [0.1, 0.15) is 91.9 Å². The first kappa shape index (κ1) is 22.6. The van der Waals surface area contributed by atoms with Crippen molar-refractivity contribution in [1.82, 2.24) is 0 Å². The van der Waals surface area contributed by atoms with E-state index in [0.717, 1.165) is 32.1 Å². The van der Waals surface area contributed by atoms with Gasteiger partial charge in [-0.15, -0.1) is 0 Å². The molecule has 0 amide bonds. The van der Waals surface area contributed by atoms with Crippen molar-refractivity contribution in [2.75, 3.05) is 0 Å². The molecule has 4 heteroatoms. The van der Waals surface area contributed by atoms with E-state index in [9.17, 15) is 15.0 Å². The lowest BCUT2D eigenvalue weighted by Gasteiger charge is -2.64. The molecule has 0 aromatic rings. The van der Waals surface area contributed by atoms with Crippen LogP contribution in [0.5, 0.6) is 0 Å². The summed E-state index contributed by atoms with van der Waals surface area (Å²) in [5.74, 6) is 2.58. The molecule has 0 saturated heterocycles. The van der Waals surface area contributed by atoms with Crippen molar-refractivity contribution < 1.29 is 20.1 Å². The van der Waals surface area contributed by atoms with Crippen LogP contribution >= 0.6 is 0 Å². The standard InChI is InChI=1S/C26H44O4/c1-5-17-21-14-16(27)10-12-26(21,4)20-11-13-25(3)18(15(2)6-9-22(28)29)7-8-19(25)23(20)24(17)30/h15-21,23-24,27,30H,5-14H2,1-4H3,(H,28,29)/t15-,16-,17-,18?,19+,20+,21+,23?,24-,25-,26-/m1/s1. The van der Waals surface area contributed by atoms with Gasteiger partial charge in [-0.1, -0.05) is 34.1 Å². The van der Waals surface area contributed by atoms with Gasteiger partial charge in [0.1, 0.15) is 0 Å². The molecule has 4 fully saturated rings. The minimum atomic E-state index is -0.683. The fraction of sp³-hybridized carbons (Fsp3) is 0.962. The first-order chi connectivity index (χ1) is 14.1. The van der Waals surface area contributed by atoms with Crippen molar-refractivity contribution in [1.29, 1.82) is 0 Å². The highest BCUT2D eigenvalue weighted by Gasteiger charge is 2.64. The SMILES string of the molecule is CC[C@H]1[C@@H](O)C2[C@H](CC[C@]3(C)C([C@H](C)CCC(=O)O)CC[C@@H]23)[C@@]2(C)CC[C@@H](O)C[C@@H]12. The van der Waals surface area contributed by atoms with Crippen molar-refractivity contribution in [2.45, 2.75) is 104 Å². The van der Waals surface area contributed by atoms with Crippen LogP contribution in [-0.4, -0.2) is 33.5 Å². The number of fused-ring (bicyclic) bond motifs is 5. The van der Waals surface area contributed by atoms with E-state index in [4.69, 9.17) is 5.11 Å². The van der Waals surface area contributed by atoms with Crippen LogP contribution in [0.15, 0.2) is 0 Å². The molecule has 4 rings (SSSR count). The van der Waals surface area contributed by atoms with Crippen LogP contribution in [0.2, 0.25) is 0 Å². The number of aliphatic hydroxyl groups is 2. The predicted octanol–water partition coefficient (Wildman–Crippen LogP) is 5.11. The Kier molecular flexibility index (Phi) is 6.07. The van der Waals surface area contributed by atoms with E-state index in [1.54, 1.807) is 0 Å². The minimum absolute atomic E-state index is 0.194. The summed E-state index contributed by atoms with van der Waals surface area (Å²) in [4.78, 5) is 11.1. The Labute approximate surface area is 182 Å². The van der Waals surface area contributed by atoms with Gasteiger partial charge in [-0.25, -0.2) is 0 Å². The average Bonchev–Trinajstić information content (AvgIpc) is 3.05. The maximum Gasteiger partial charge on any atom is 0.303 e. The topological polar surface area (TPSA) is 77.8 Å². The van der Waals surface area contributed by atoms with Crippen LogP contribution in [0.3, 0.4) is 0 Å². The van der Waals surface area contributed by atoms with Crippen LogP contribution in [0.4, 0.5) is 0 Å². The van der Waals surface area contributed by atoms with Crippen LogP contribution < -0.4 is 0 Å². The van der Waals surface area contributed by atoms with E-state index in [1.807, 2.05) is 0 Å². The second kappa shape index (κ2) is 8.06. The molecule has 4 saturated carbocycles. The molecule has 2 unspecified atom stereocenters. The maximum atomic E-state index is 11.7. The number of hydrogen-bond acceptors (Lipinski definition) is 3. The lowest BCUT2D eigenvalue weighted by atomic mass is 9.41. The van der Waals surface area contributed by atoms with E-state index >= 15 is 0 Å². The summed E-state index contributed by atoms with van der Waals surface area (Å²) in [5.41, 5.74) is 0.480. The molecule has 0 radical (unpaired) electrons. The van der Waals surface area contributed by atoms with Gasteiger partial charge in [0, 0.05) is 6.42 Å². The van der Waals surface area contributed by atoms with Crippen molar-refractivity contribution in [2.24, 2.45) is 52.3 Å². The summed E-state index contributed by atoms with van der Waals surface area (Å²) in [7, 11) is 0. The molecule has 172 valence electrons. The number of aliphatic carboxylic acids is 1. The Hall–Kier alpha value is -0.610. The smallest absolute Gasteiger partial charge is 0.303 e. The van der Waals surface area contributed by atoms with Crippen molar-refractivity contribution in [3.8, 4) is 0 Å². The largest absolute Gasteiger partial charge is 0.481 e. The van der Waals surface area contributed by atoms with Crippen LogP contribution in [0.25, 0.3) is 0 Å². The number of carboxylic acid groups (broad SMARTS) is 1. The number of hydrogen-bond donors (Lipinski definition) is 3. The predicted molar refractivity (Wildman–Crippen MR) is 118 cm³/mol. The number of rotatable bonds is 5. The van der Waals surface area contributed by atoms with Crippen molar-refractivity contribution >= 4 is 5.97 Å². The second-order valence-electron chi connectivity index (χ2n) is 12.0. The van der Waals surface area contributed by atoms with Crippen molar-refractivity contribution in [3.63, 3.8) is 0 Å². The Balaban J connectivity index is 1.61. The molecule has 4 aliphatic carbocycles. The van der Waals surface area contributed by atoms with Crippen LogP contribution in [0, 0.1) is 52.3 Å². The zero-order valence-electron chi connectivity index (χ0n) is 19.5. The second-order valence-corrected chi connectivity index (χ2v) is 12.0. The summed E-state index contributed by atoms with van der Waals surface area (Å²) >= 11 is 0. The van der Waals surface area contributed by atoms with Gasteiger partial charge in [0.05, 0.1) is 12.2 Å². The monoisotopic (exact) mass is 420 g/mol. The fourth-order valence-electron chi connectivity index (χ4n) is 9.48. The minimum Gasteiger partial charge on any atom is -0.481 e. The molecule has 0 aliphatic heterocycles. The summed E-state index contributed by atoms with van der Waals surface area (Å²) < 4.78 is 0. The fourth-order valence-corrected chi connectivity index (χ4v) is 9.48. The van der Waals surface area contributed by atoms with Gasteiger partial charge in [0.15, 0.2) is 0 Å². The molecule has 0 heterocycles. The van der Waals surface area contributed by atoms with E-state index < -0.39 is 5.97 Å². The molecule has 11 atom stereocenters. The first-order valence-electron chi connectivity index (χ1n) is 12.7. The van der Waals surface area contributed by atoms with Gasteiger partial charge in [-0.3, -0.25) is 4.79 Å². The molecule has 3 N–H and O–H groups in total. The van der Waals surface area contributed by atoms with E-state index in [1.165, 1.54) is 25.7 Å². The highest BCUT2D eigenvalue weighted by Crippen LogP contribution is 2.69. The molecule has 4 aliphatic rings. The van der Waals surface area contributed by atoms with E-state index in [2.05, 4.69) is 27.7 Å². The Morgan fingerprint density at radius 2 is 1.67 bits per heavy atom. The molecule has 0 spiro atoms. The molecular weight excluding hydrogens is 376 g/mol.